The van der Waals surface area contributed by atoms with E-state index >= 15 is 0 Å². The highest BCUT2D eigenvalue weighted by Gasteiger charge is 2.13. The van der Waals surface area contributed by atoms with Gasteiger partial charge in [0.05, 0.1) is 22.1 Å². The van der Waals surface area contributed by atoms with Gasteiger partial charge >= 0.3 is 0 Å². The molecule has 17 heavy (non-hydrogen) atoms. The third-order valence-electron chi connectivity index (χ3n) is 2.55. The highest BCUT2D eigenvalue weighted by molar-refractivity contribution is 6.31. The molecule has 0 aliphatic carbocycles. The number of carbonyl (C=O) groups excluding carboxylic acids is 1. The number of hydrogen-bond donors (Lipinski definition) is 0. The first kappa shape index (κ1) is 11.8. The summed E-state index contributed by atoms with van der Waals surface area (Å²) < 4.78 is 14.6. The number of aldehydes is 1. The van der Waals surface area contributed by atoms with Crippen LogP contribution in [0.2, 0.25) is 5.02 Å². The molecule has 0 atom stereocenters. The summed E-state index contributed by atoms with van der Waals surface area (Å²) in [6.45, 7) is 3.57. The van der Waals surface area contributed by atoms with Crippen molar-refractivity contribution in [3.05, 3.63) is 46.0 Å². The Morgan fingerprint density at radius 2 is 2.12 bits per heavy atom. The molecule has 2 aromatic rings. The van der Waals surface area contributed by atoms with Crippen LogP contribution in [0.1, 0.15) is 21.7 Å². The van der Waals surface area contributed by atoms with E-state index in [0.717, 1.165) is 5.69 Å². The third-order valence-corrected chi connectivity index (χ3v) is 3.09. The minimum atomic E-state index is -0.455. The monoisotopic (exact) mass is 252 g/mol. The van der Waals surface area contributed by atoms with Crippen molar-refractivity contribution in [2.24, 2.45) is 0 Å². The Morgan fingerprint density at radius 3 is 2.65 bits per heavy atom. The van der Waals surface area contributed by atoms with Crippen molar-refractivity contribution >= 4 is 17.9 Å². The lowest BCUT2D eigenvalue weighted by atomic mass is 10.2. The first-order valence-electron chi connectivity index (χ1n) is 5.01. The highest BCUT2D eigenvalue weighted by Crippen LogP contribution is 2.24. The molecule has 0 spiro atoms. The van der Waals surface area contributed by atoms with Gasteiger partial charge in [-0.3, -0.25) is 4.79 Å². The molecule has 0 fully saturated rings. The van der Waals surface area contributed by atoms with Gasteiger partial charge in [0.2, 0.25) is 0 Å². The van der Waals surface area contributed by atoms with E-state index < -0.39 is 5.82 Å². The van der Waals surface area contributed by atoms with Crippen LogP contribution in [0.4, 0.5) is 4.39 Å². The van der Waals surface area contributed by atoms with Crippen molar-refractivity contribution < 1.29 is 9.18 Å². The van der Waals surface area contributed by atoms with Crippen LogP contribution in [0.5, 0.6) is 0 Å². The third kappa shape index (κ3) is 1.96. The van der Waals surface area contributed by atoms with Gasteiger partial charge in [-0.05, 0) is 32.0 Å². The van der Waals surface area contributed by atoms with Gasteiger partial charge in [-0.25, -0.2) is 9.07 Å². The Kier molecular flexibility index (Phi) is 2.98. The Morgan fingerprint density at radius 1 is 1.41 bits per heavy atom. The summed E-state index contributed by atoms with van der Waals surface area (Å²) in [6, 6.07) is 3.97. The predicted molar refractivity (Wildman–Crippen MR) is 63.4 cm³/mol. The second kappa shape index (κ2) is 4.30. The van der Waals surface area contributed by atoms with Crippen LogP contribution in [-0.2, 0) is 0 Å². The Balaban J connectivity index is 2.68. The van der Waals surface area contributed by atoms with Crippen molar-refractivity contribution in [1.29, 1.82) is 0 Å². The van der Waals surface area contributed by atoms with Gasteiger partial charge in [0.25, 0.3) is 0 Å². The average Bonchev–Trinajstić information content (AvgIpc) is 2.57. The smallest absolute Gasteiger partial charge is 0.152 e. The summed E-state index contributed by atoms with van der Waals surface area (Å²) >= 11 is 6.03. The zero-order valence-electron chi connectivity index (χ0n) is 9.37. The summed E-state index contributed by atoms with van der Waals surface area (Å²) in [4.78, 5) is 10.9. The molecule has 0 N–H and O–H groups in total. The van der Waals surface area contributed by atoms with E-state index in [2.05, 4.69) is 5.10 Å². The van der Waals surface area contributed by atoms with Gasteiger partial charge in [0, 0.05) is 5.56 Å². The van der Waals surface area contributed by atoms with Crippen LogP contribution in [0.25, 0.3) is 5.69 Å². The fourth-order valence-electron chi connectivity index (χ4n) is 1.67. The van der Waals surface area contributed by atoms with E-state index in [-0.39, 0.29) is 5.56 Å². The normalized spacial score (nSPS) is 10.6. The van der Waals surface area contributed by atoms with Crippen molar-refractivity contribution in [2.75, 3.05) is 0 Å². The van der Waals surface area contributed by atoms with Crippen LogP contribution in [0.15, 0.2) is 18.2 Å². The second-order valence-electron chi connectivity index (χ2n) is 3.72. The number of benzene rings is 1. The number of halogens is 2. The molecule has 0 bridgehead atoms. The van der Waals surface area contributed by atoms with Crippen LogP contribution in [0.3, 0.4) is 0 Å². The molecule has 88 valence electrons. The van der Waals surface area contributed by atoms with E-state index in [1.54, 1.807) is 18.5 Å². The lowest BCUT2D eigenvalue weighted by molar-refractivity contribution is 0.112. The predicted octanol–water partition coefficient (Wildman–Crippen LogP) is 3.09. The quantitative estimate of drug-likeness (QED) is 0.770. The Bertz CT molecular complexity index is 592. The molecule has 0 amide bonds. The molecular weight excluding hydrogens is 243 g/mol. The molecule has 5 heteroatoms. The van der Waals surface area contributed by atoms with E-state index in [4.69, 9.17) is 11.6 Å². The number of aromatic nitrogens is 2. The maximum absolute atomic E-state index is 13.0. The SMILES string of the molecule is Cc1nn(-c2ccc(F)cc2C=O)c(C)c1Cl. The fourth-order valence-corrected chi connectivity index (χ4v) is 1.79. The molecule has 0 saturated heterocycles. The second-order valence-corrected chi connectivity index (χ2v) is 4.10. The Hall–Kier alpha value is -1.68. The molecule has 0 aliphatic rings. The van der Waals surface area contributed by atoms with Crippen molar-refractivity contribution in [1.82, 2.24) is 9.78 Å². The van der Waals surface area contributed by atoms with E-state index in [0.29, 0.717) is 22.7 Å². The minimum absolute atomic E-state index is 0.243. The highest BCUT2D eigenvalue weighted by atomic mass is 35.5. The molecule has 0 radical (unpaired) electrons. The topological polar surface area (TPSA) is 34.9 Å². The van der Waals surface area contributed by atoms with Gasteiger partial charge < -0.3 is 0 Å². The summed E-state index contributed by atoms with van der Waals surface area (Å²) in [6.07, 6.45) is 0.600. The van der Waals surface area contributed by atoms with Gasteiger partial charge in [-0.15, -0.1) is 0 Å². The zero-order valence-corrected chi connectivity index (χ0v) is 10.1. The molecule has 2 rings (SSSR count). The molecular formula is C12H10ClFN2O. The van der Waals surface area contributed by atoms with E-state index in [1.807, 2.05) is 0 Å². The molecule has 0 saturated carbocycles. The fraction of sp³-hybridized carbons (Fsp3) is 0.167. The molecule has 1 heterocycles. The molecule has 0 aliphatic heterocycles. The molecule has 3 nitrogen and oxygen atoms in total. The minimum Gasteiger partial charge on any atom is -0.298 e. The lowest BCUT2D eigenvalue weighted by Crippen LogP contribution is -2.03. The van der Waals surface area contributed by atoms with Gasteiger partial charge in [-0.2, -0.15) is 5.10 Å². The van der Waals surface area contributed by atoms with Gasteiger partial charge in [-0.1, -0.05) is 11.6 Å². The summed E-state index contributed by atoms with van der Waals surface area (Å²) in [7, 11) is 0. The van der Waals surface area contributed by atoms with Crippen molar-refractivity contribution in [2.45, 2.75) is 13.8 Å². The number of nitrogens with zero attached hydrogens (tertiary/aromatic N) is 2. The van der Waals surface area contributed by atoms with Gasteiger partial charge in [0.1, 0.15) is 5.82 Å². The van der Waals surface area contributed by atoms with Crippen molar-refractivity contribution in [3.8, 4) is 5.69 Å². The maximum atomic E-state index is 13.0. The Labute approximate surface area is 103 Å². The van der Waals surface area contributed by atoms with Crippen LogP contribution in [-0.4, -0.2) is 16.1 Å². The first-order chi connectivity index (χ1) is 8.04. The largest absolute Gasteiger partial charge is 0.298 e. The first-order valence-corrected chi connectivity index (χ1v) is 5.39. The number of hydrogen-bond acceptors (Lipinski definition) is 2. The number of aryl methyl sites for hydroxylation is 1. The number of rotatable bonds is 2. The van der Waals surface area contributed by atoms with E-state index in [1.165, 1.54) is 18.2 Å². The van der Waals surface area contributed by atoms with E-state index in [9.17, 15) is 9.18 Å². The lowest BCUT2D eigenvalue weighted by Gasteiger charge is -2.07. The summed E-state index contributed by atoms with van der Waals surface area (Å²) in [5.74, 6) is -0.455. The van der Waals surface area contributed by atoms with Crippen LogP contribution >= 0.6 is 11.6 Å². The molecule has 1 aromatic carbocycles. The number of carbonyl (C=O) groups is 1. The standard InChI is InChI=1S/C12H10ClFN2O/c1-7-12(13)8(2)16(15-7)11-4-3-10(14)5-9(11)6-17/h3-6H,1-2H3. The van der Waals surface area contributed by atoms with Crippen LogP contribution in [0, 0.1) is 19.7 Å². The average molecular weight is 253 g/mol. The van der Waals surface area contributed by atoms with Crippen LogP contribution < -0.4 is 0 Å². The summed E-state index contributed by atoms with van der Waals surface area (Å²) in [5, 5.41) is 4.77. The van der Waals surface area contributed by atoms with Gasteiger partial charge in [0.15, 0.2) is 6.29 Å². The summed E-state index contributed by atoms with van der Waals surface area (Å²) in [5.41, 5.74) is 2.16. The maximum Gasteiger partial charge on any atom is 0.152 e. The zero-order chi connectivity index (χ0) is 12.6. The molecule has 0 unspecified atom stereocenters. The van der Waals surface area contributed by atoms with Crippen molar-refractivity contribution in [3.63, 3.8) is 0 Å². The molecule has 1 aromatic heterocycles.